The molecular formula is C8H18O2Ti. The maximum Gasteiger partial charge on any atom is 0.151 e. The summed E-state index contributed by atoms with van der Waals surface area (Å²) in [7, 11) is 0. The van der Waals surface area contributed by atoms with Gasteiger partial charge in [-0.15, -0.1) is 0 Å². The van der Waals surface area contributed by atoms with Crippen molar-refractivity contribution >= 4 is 0 Å². The third kappa shape index (κ3) is 13.6. The Morgan fingerprint density at radius 1 is 1.00 bits per heavy atom. The third-order valence-corrected chi connectivity index (χ3v) is 1.57. The fourth-order valence-electron chi connectivity index (χ4n) is 0.930. The SMILES string of the molecule is CCCCCCCC(O)O.[Ti]. The van der Waals surface area contributed by atoms with Gasteiger partial charge in [0.25, 0.3) is 0 Å². The Morgan fingerprint density at radius 3 is 2.00 bits per heavy atom. The molecule has 0 radical (unpaired) electrons. The van der Waals surface area contributed by atoms with Gasteiger partial charge in [-0.25, -0.2) is 0 Å². The van der Waals surface area contributed by atoms with Crippen LogP contribution in [0.2, 0.25) is 0 Å². The van der Waals surface area contributed by atoms with E-state index in [2.05, 4.69) is 6.92 Å². The number of aliphatic hydroxyl groups excluding tert-OH is 1. The summed E-state index contributed by atoms with van der Waals surface area (Å²) >= 11 is 0. The summed E-state index contributed by atoms with van der Waals surface area (Å²) in [4.78, 5) is 0. The topological polar surface area (TPSA) is 40.5 Å². The maximum absolute atomic E-state index is 8.46. The maximum atomic E-state index is 8.46. The molecule has 0 aliphatic carbocycles. The van der Waals surface area contributed by atoms with Gasteiger partial charge < -0.3 is 10.2 Å². The molecule has 0 saturated heterocycles. The molecule has 0 rings (SSSR count). The van der Waals surface area contributed by atoms with Crippen molar-refractivity contribution in [3.05, 3.63) is 0 Å². The normalized spacial score (nSPS) is 9.82. The Morgan fingerprint density at radius 2 is 1.55 bits per heavy atom. The van der Waals surface area contributed by atoms with E-state index in [9.17, 15) is 0 Å². The first-order chi connectivity index (χ1) is 4.77. The van der Waals surface area contributed by atoms with Crippen molar-refractivity contribution in [1.82, 2.24) is 0 Å². The van der Waals surface area contributed by atoms with E-state index in [1.807, 2.05) is 0 Å². The summed E-state index contributed by atoms with van der Waals surface area (Å²) in [6.45, 7) is 2.17. The zero-order valence-electron chi connectivity index (χ0n) is 7.21. The van der Waals surface area contributed by atoms with Crippen LogP contribution in [0, 0.1) is 0 Å². The van der Waals surface area contributed by atoms with E-state index in [1.54, 1.807) is 0 Å². The van der Waals surface area contributed by atoms with Crippen molar-refractivity contribution in [2.24, 2.45) is 0 Å². The molecule has 11 heavy (non-hydrogen) atoms. The molecule has 0 aliphatic rings. The molecule has 0 amide bonds. The van der Waals surface area contributed by atoms with Gasteiger partial charge in [0.15, 0.2) is 6.29 Å². The Labute approximate surface area is 83.9 Å². The Bertz CT molecular complexity index is 67.1. The van der Waals surface area contributed by atoms with E-state index in [4.69, 9.17) is 10.2 Å². The fraction of sp³-hybridized carbons (Fsp3) is 1.00. The second-order valence-electron chi connectivity index (χ2n) is 2.68. The molecule has 0 aromatic heterocycles. The molecule has 3 heteroatoms. The third-order valence-electron chi connectivity index (χ3n) is 1.57. The van der Waals surface area contributed by atoms with Gasteiger partial charge in [-0.3, -0.25) is 0 Å². The van der Waals surface area contributed by atoms with Crippen LogP contribution >= 0.6 is 0 Å². The largest absolute Gasteiger partial charge is 0.368 e. The van der Waals surface area contributed by atoms with Crippen molar-refractivity contribution in [2.75, 3.05) is 0 Å². The second-order valence-corrected chi connectivity index (χ2v) is 2.68. The van der Waals surface area contributed by atoms with Crippen LogP contribution < -0.4 is 0 Å². The first-order valence-corrected chi connectivity index (χ1v) is 4.13. The molecule has 0 saturated carbocycles. The van der Waals surface area contributed by atoms with Gasteiger partial charge in [0.05, 0.1) is 0 Å². The van der Waals surface area contributed by atoms with Gasteiger partial charge in [-0.05, 0) is 12.8 Å². The van der Waals surface area contributed by atoms with Gasteiger partial charge >= 0.3 is 0 Å². The van der Waals surface area contributed by atoms with Crippen LogP contribution in [0.15, 0.2) is 0 Å². The number of rotatable bonds is 6. The number of aliphatic hydroxyl groups is 2. The molecule has 0 aromatic rings. The Kier molecular flexibility index (Phi) is 13.7. The van der Waals surface area contributed by atoms with Crippen molar-refractivity contribution in [3.8, 4) is 0 Å². The smallest absolute Gasteiger partial charge is 0.151 e. The number of hydrogen-bond donors (Lipinski definition) is 2. The van der Waals surface area contributed by atoms with E-state index in [0.29, 0.717) is 6.42 Å². The monoisotopic (exact) mass is 194 g/mol. The molecule has 0 unspecified atom stereocenters. The molecule has 0 spiro atoms. The molecule has 0 atom stereocenters. The zero-order chi connectivity index (χ0) is 7.82. The van der Waals surface area contributed by atoms with E-state index in [-0.39, 0.29) is 21.7 Å². The van der Waals surface area contributed by atoms with Gasteiger partial charge in [0.2, 0.25) is 0 Å². The van der Waals surface area contributed by atoms with Crippen LogP contribution in [-0.2, 0) is 21.7 Å². The van der Waals surface area contributed by atoms with E-state index >= 15 is 0 Å². The minimum absolute atomic E-state index is 0. The van der Waals surface area contributed by atoms with Crippen molar-refractivity contribution in [3.63, 3.8) is 0 Å². The molecular weight excluding hydrogens is 176 g/mol. The molecule has 0 fully saturated rings. The van der Waals surface area contributed by atoms with Crippen LogP contribution in [0.1, 0.15) is 45.4 Å². The summed E-state index contributed by atoms with van der Waals surface area (Å²) in [5, 5.41) is 16.9. The molecule has 2 nitrogen and oxygen atoms in total. The fourth-order valence-corrected chi connectivity index (χ4v) is 0.930. The Hall–Kier alpha value is 0.634. The summed E-state index contributed by atoms with van der Waals surface area (Å²) < 4.78 is 0. The molecule has 2 N–H and O–H groups in total. The first-order valence-electron chi connectivity index (χ1n) is 4.13. The van der Waals surface area contributed by atoms with Crippen LogP contribution in [0.5, 0.6) is 0 Å². The van der Waals surface area contributed by atoms with Gasteiger partial charge in [0, 0.05) is 21.7 Å². The van der Waals surface area contributed by atoms with Gasteiger partial charge in [-0.1, -0.05) is 32.6 Å². The standard InChI is InChI=1S/C8H18O2.Ti/c1-2-3-4-5-6-7-8(9)10;/h8-10H,2-7H2,1H3;. The molecule has 0 aromatic carbocycles. The van der Waals surface area contributed by atoms with Crippen molar-refractivity contribution in [1.29, 1.82) is 0 Å². The van der Waals surface area contributed by atoms with Crippen LogP contribution in [0.4, 0.5) is 0 Å². The number of hydrogen-bond acceptors (Lipinski definition) is 2. The van der Waals surface area contributed by atoms with E-state index in [1.165, 1.54) is 19.3 Å². The average Bonchev–Trinajstić information content (AvgIpc) is 1.87. The summed E-state index contributed by atoms with van der Waals surface area (Å²) in [5.41, 5.74) is 0. The molecule has 0 aliphatic heterocycles. The van der Waals surface area contributed by atoms with Crippen LogP contribution in [-0.4, -0.2) is 16.5 Å². The van der Waals surface area contributed by atoms with Gasteiger partial charge in [-0.2, -0.15) is 0 Å². The minimum Gasteiger partial charge on any atom is -0.368 e. The number of unbranched alkanes of at least 4 members (excludes halogenated alkanes) is 4. The average molecular weight is 194 g/mol. The molecule has 66 valence electrons. The predicted octanol–water partition coefficient (Wildman–Crippen LogP) is 1.66. The summed E-state index contributed by atoms with van der Waals surface area (Å²) in [5.74, 6) is 0. The zero-order valence-corrected chi connectivity index (χ0v) is 8.78. The minimum atomic E-state index is -1.10. The Balaban J connectivity index is 0. The molecule has 0 heterocycles. The van der Waals surface area contributed by atoms with Crippen LogP contribution in [0.3, 0.4) is 0 Å². The van der Waals surface area contributed by atoms with Crippen LogP contribution in [0.25, 0.3) is 0 Å². The quantitative estimate of drug-likeness (QED) is 0.383. The van der Waals surface area contributed by atoms with Crippen molar-refractivity contribution < 1.29 is 31.9 Å². The van der Waals surface area contributed by atoms with Gasteiger partial charge in [0.1, 0.15) is 0 Å². The predicted molar refractivity (Wildman–Crippen MR) is 41.6 cm³/mol. The van der Waals surface area contributed by atoms with Crippen molar-refractivity contribution in [2.45, 2.75) is 51.7 Å². The first kappa shape index (κ1) is 14.2. The summed E-state index contributed by atoms with van der Waals surface area (Å²) in [6.07, 6.45) is 5.24. The van der Waals surface area contributed by atoms with E-state index < -0.39 is 6.29 Å². The second kappa shape index (κ2) is 10.6. The van der Waals surface area contributed by atoms with E-state index in [0.717, 1.165) is 12.8 Å². The molecule has 0 bridgehead atoms. The summed E-state index contributed by atoms with van der Waals surface area (Å²) in [6, 6.07) is 0.